The number of unbranched alkanes of at least 4 members (excludes halogenated alkanes) is 1. The van der Waals surface area contributed by atoms with Gasteiger partial charge in [-0.2, -0.15) is 0 Å². The Bertz CT molecular complexity index is 338. The minimum Gasteiger partial charge on any atom is -0.310 e. The summed E-state index contributed by atoms with van der Waals surface area (Å²) in [6.07, 6.45) is 5.28. The second-order valence-electron chi connectivity index (χ2n) is 5.10. The first-order valence-electron chi connectivity index (χ1n) is 7.16. The molecule has 0 amide bonds. The number of nitrogens with one attached hydrogen (secondary N) is 1. The lowest BCUT2D eigenvalue weighted by Gasteiger charge is -2.20. The van der Waals surface area contributed by atoms with Crippen molar-refractivity contribution in [3.8, 4) is 0 Å². The first-order valence-corrected chi connectivity index (χ1v) is 7.95. The molecule has 1 rings (SSSR count). The van der Waals surface area contributed by atoms with Crippen molar-refractivity contribution < 1.29 is 0 Å². The van der Waals surface area contributed by atoms with E-state index in [0.717, 1.165) is 16.9 Å². The molecule has 0 saturated carbocycles. The van der Waals surface area contributed by atoms with Crippen molar-refractivity contribution in [3.05, 3.63) is 34.3 Å². The standard InChI is InChI=1S/C16H26BrN/c1-4-6-8-14(5-2)12-18-13(3)15-9-7-10-16(17)11-15/h7,9-11,13-14,18H,4-6,8,12H2,1-3H3. The fourth-order valence-electron chi connectivity index (χ4n) is 2.18. The van der Waals surface area contributed by atoms with E-state index in [1.807, 2.05) is 0 Å². The normalized spacial score (nSPS) is 14.4. The molecule has 2 heteroatoms. The summed E-state index contributed by atoms with van der Waals surface area (Å²) in [4.78, 5) is 0. The third kappa shape index (κ3) is 5.53. The van der Waals surface area contributed by atoms with Crippen molar-refractivity contribution in [3.63, 3.8) is 0 Å². The van der Waals surface area contributed by atoms with E-state index >= 15 is 0 Å². The molecular weight excluding hydrogens is 286 g/mol. The van der Waals surface area contributed by atoms with Gasteiger partial charge in [-0.15, -0.1) is 0 Å². The summed E-state index contributed by atoms with van der Waals surface area (Å²) in [5, 5.41) is 3.67. The average Bonchev–Trinajstić information content (AvgIpc) is 2.38. The maximum absolute atomic E-state index is 3.67. The molecule has 0 aliphatic heterocycles. The molecule has 0 spiro atoms. The van der Waals surface area contributed by atoms with Gasteiger partial charge in [-0.05, 0) is 43.5 Å². The Labute approximate surface area is 120 Å². The van der Waals surface area contributed by atoms with Gasteiger partial charge in [0.25, 0.3) is 0 Å². The summed E-state index contributed by atoms with van der Waals surface area (Å²) >= 11 is 3.53. The van der Waals surface area contributed by atoms with Crippen molar-refractivity contribution in [1.29, 1.82) is 0 Å². The molecule has 0 aromatic heterocycles. The van der Waals surface area contributed by atoms with Gasteiger partial charge in [0.2, 0.25) is 0 Å². The Morgan fingerprint density at radius 2 is 2.06 bits per heavy atom. The summed E-state index contributed by atoms with van der Waals surface area (Å²) in [6, 6.07) is 9.00. The lowest BCUT2D eigenvalue weighted by Crippen LogP contribution is -2.25. The van der Waals surface area contributed by atoms with Gasteiger partial charge in [0.05, 0.1) is 0 Å². The zero-order chi connectivity index (χ0) is 13.4. The van der Waals surface area contributed by atoms with Crippen molar-refractivity contribution in [1.82, 2.24) is 5.32 Å². The van der Waals surface area contributed by atoms with Gasteiger partial charge in [-0.1, -0.05) is 61.2 Å². The van der Waals surface area contributed by atoms with E-state index in [2.05, 4.69) is 66.3 Å². The number of halogens is 1. The highest BCUT2D eigenvalue weighted by Crippen LogP contribution is 2.19. The highest BCUT2D eigenvalue weighted by Gasteiger charge is 2.09. The van der Waals surface area contributed by atoms with Crippen LogP contribution >= 0.6 is 15.9 Å². The van der Waals surface area contributed by atoms with Crippen molar-refractivity contribution >= 4 is 15.9 Å². The quantitative estimate of drug-likeness (QED) is 0.685. The smallest absolute Gasteiger partial charge is 0.0292 e. The monoisotopic (exact) mass is 311 g/mol. The molecule has 18 heavy (non-hydrogen) atoms. The lowest BCUT2D eigenvalue weighted by molar-refractivity contribution is 0.398. The van der Waals surface area contributed by atoms with Gasteiger partial charge in [0.15, 0.2) is 0 Å². The maximum Gasteiger partial charge on any atom is 0.0292 e. The second kappa shape index (κ2) is 8.71. The van der Waals surface area contributed by atoms with Crippen molar-refractivity contribution in [2.45, 2.75) is 52.5 Å². The van der Waals surface area contributed by atoms with Crippen molar-refractivity contribution in [2.24, 2.45) is 5.92 Å². The van der Waals surface area contributed by atoms with Crippen molar-refractivity contribution in [2.75, 3.05) is 6.54 Å². The molecule has 2 atom stereocenters. The summed E-state index contributed by atoms with van der Waals surface area (Å²) in [6.45, 7) is 7.94. The van der Waals surface area contributed by atoms with Gasteiger partial charge in [-0.3, -0.25) is 0 Å². The molecule has 102 valence electrons. The number of benzene rings is 1. The van der Waals surface area contributed by atoms with E-state index in [4.69, 9.17) is 0 Å². The molecule has 1 aromatic rings. The van der Waals surface area contributed by atoms with E-state index < -0.39 is 0 Å². The Hall–Kier alpha value is -0.340. The van der Waals surface area contributed by atoms with Gasteiger partial charge >= 0.3 is 0 Å². The Morgan fingerprint density at radius 1 is 1.28 bits per heavy atom. The third-order valence-corrected chi connectivity index (χ3v) is 4.10. The fraction of sp³-hybridized carbons (Fsp3) is 0.625. The zero-order valence-electron chi connectivity index (χ0n) is 11.9. The van der Waals surface area contributed by atoms with E-state index in [9.17, 15) is 0 Å². The van der Waals surface area contributed by atoms with Crippen LogP contribution < -0.4 is 5.32 Å². The zero-order valence-corrected chi connectivity index (χ0v) is 13.5. The SMILES string of the molecule is CCCCC(CC)CNC(C)c1cccc(Br)c1. The number of hydrogen-bond acceptors (Lipinski definition) is 1. The summed E-state index contributed by atoms with van der Waals surface area (Å²) in [7, 11) is 0. The molecule has 0 fully saturated rings. The topological polar surface area (TPSA) is 12.0 Å². The first kappa shape index (κ1) is 15.7. The molecule has 0 aliphatic carbocycles. The first-order chi connectivity index (χ1) is 8.67. The molecule has 0 heterocycles. The van der Waals surface area contributed by atoms with Crippen LogP contribution in [0.5, 0.6) is 0 Å². The van der Waals surface area contributed by atoms with E-state index in [1.54, 1.807) is 0 Å². The van der Waals surface area contributed by atoms with E-state index in [1.165, 1.54) is 31.2 Å². The molecule has 0 aliphatic rings. The number of rotatable bonds is 8. The molecule has 0 bridgehead atoms. The van der Waals surface area contributed by atoms with E-state index in [-0.39, 0.29) is 0 Å². The molecule has 1 N–H and O–H groups in total. The highest BCUT2D eigenvalue weighted by atomic mass is 79.9. The van der Waals surface area contributed by atoms with Crippen LogP contribution in [-0.4, -0.2) is 6.54 Å². The van der Waals surface area contributed by atoms with Crippen LogP contribution in [0.1, 0.15) is 58.1 Å². The summed E-state index contributed by atoms with van der Waals surface area (Å²) in [5.41, 5.74) is 1.36. The van der Waals surface area contributed by atoms with Crippen LogP contribution in [0.25, 0.3) is 0 Å². The second-order valence-corrected chi connectivity index (χ2v) is 6.02. The molecule has 0 radical (unpaired) electrons. The fourth-order valence-corrected chi connectivity index (χ4v) is 2.60. The van der Waals surface area contributed by atoms with Crippen LogP contribution in [0.2, 0.25) is 0 Å². The molecule has 1 nitrogen and oxygen atoms in total. The minimum atomic E-state index is 0.429. The number of hydrogen-bond donors (Lipinski definition) is 1. The Morgan fingerprint density at radius 3 is 2.67 bits per heavy atom. The molecular formula is C16H26BrN. The average molecular weight is 312 g/mol. The summed E-state index contributed by atoms with van der Waals surface area (Å²) < 4.78 is 1.16. The summed E-state index contributed by atoms with van der Waals surface area (Å²) in [5.74, 6) is 0.819. The molecule has 1 aromatic carbocycles. The molecule has 0 saturated heterocycles. The van der Waals surface area contributed by atoms with Crippen LogP contribution in [0.15, 0.2) is 28.7 Å². The van der Waals surface area contributed by atoms with Crippen LogP contribution in [0.4, 0.5) is 0 Å². The van der Waals surface area contributed by atoms with Crippen LogP contribution in [0.3, 0.4) is 0 Å². The van der Waals surface area contributed by atoms with E-state index in [0.29, 0.717) is 6.04 Å². The van der Waals surface area contributed by atoms with Crippen LogP contribution in [0, 0.1) is 5.92 Å². The molecule has 2 unspecified atom stereocenters. The highest BCUT2D eigenvalue weighted by molar-refractivity contribution is 9.10. The maximum atomic E-state index is 3.67. The minimum absolute atomic E-state index is 0.429. The Balaban J connectivity index is 2.42. The van der Waals surface area contributed by atoms with Gasteiger partial charge in [0.1, 0.15) is 0 Å². The predicted octanol–water partition coefficient (Wildman–Crippen LogP) is 5.32. The van der Waals surface area contributed by atoms with Gasteiger partial charge in [-0.25, -0.2) is 0 Å². The van der Waals surface area contributed by atoms with Gasteiger partial charge < -0.3 is 5.32 Å². The third-order valence-electron chi connectivity index (χ3n) is 3.60. The largest absolute Gasteiger partial charge is 0.310 e. The lowest BCUT2D eigenvalue weighted by atomic mass is 9.98. The predicted molar refractivity (Wildman–Crippen MR) is 83.9 cm³/mol. The van der Waals surface area contributed by atoms with Crippen LogP contribution in [-0.2, 0) is 0 Å². The van der Waals surface area contributed by atoms with Gasteiger partial charge in [0, 0.05) is 10.5 Å². The Kier molecular flexibility index (Phi) is 7.60.